The van der Waals surface area contributed by atoms with Gasteiger partial charge in [0.05, 0.1) is 22.0 Å². The van der Waals surface area contributed by atoms with Crippen molar-refractivity contribution in [2.24, 2.45) is 10.2 Å². The van der Waals surface area contributed by atoms with Crippen LogP contribution in [0.1, 0.15) is 18.4 Å². The van der Waals surface area contributed by atoms with Crippen molar-refractivity contribution < 1.29 is 13.2 Å². The molecule has 0 saturated heterocycles. The molecule has 3 rings (SSSR count). The minimum absolute atomic E-state index is 0.0672. The van der Waals surface area contributed by atoms with E-state index in [0.717, 1.165) is 11.3 Å². The second kappa shape index (κ2) is 9.93. The Hall–Kier alpha value is -3.32. The number of nitrogens with one attached hydrogen (secondary N) is 1. The predicted octanol–water partition coefficient (Wildman–Crippen LogP) is 5.60. The zero-order valence-corrected chi connectivity index (χ0v) is 17.5. The summed E-state index contributed by atoms with van der Waals surface area (Å²) in [5.74, 6) is -0.296. The lowest BCUT2D eigenvalue weighted by molar-refractivity contribution is -0.116. The molecule has 0 aliphatic heterocycles. The minimum Gasteiger partial charge on any atom is -0.326 e. The van der Waals surface area contributed by atoms with E-state index in [9.17, 15) is 13.2 Å². The topological polar surface area (TPSA) is 88.0 Å². The van der Waals surface area contributed by atoms with Crippen molar-refractivity contribution in [3.05, 3.63) is 84.4 Å². The summed E-state index contributed by atoms with van der Waals surface area (Å²) >= 11 is 0. The van der Waals surface area contributed by atoms with Crippen molar-refractivity contribution >= 4 is 32.8 Å². The maximum atomic E-state index is 12.3. The number of anilines is 1. The van der Waals surface area contributed by atoms with Crippen LogP contribution in [0.25, 0.3) is 0 Å². The van der Waals surface area contributed by atoms with Gasteiger partial charge >= 0.3 is 0 Å². The summed E-state index contributed by atoms with van der Waals surface area (Å²) in [6, 6.07) is 23.1. The molecule has 0 unspecified atom stereocenters. The number of carbonyl (C=O) groups excluding carboxylic acids is 1. The maximum Gasteiger partial charge on any atom is 0.224 e. The molecule has 3 aromatic rings. The third-order valence-corrected chi connectivity index (χ3v) is 6.20. The monoisotopic (exact) mass is 421 g/mol. The summed E-state index contributed by atoms with van der Waals surface area (Å²) in [5.41, 5.74) is 3.05. The van der Waals surface area contributed by atoms with Crippen LogP contribution >= 0.6 is 0 Å². The van der Waals surface area contributed by atoms with Gasteiger partial charge in [-0.25, -0.2) is 8.42 Å². The van der Waals surface area contributed by atoms with Crippen molar-refractivity contribution in [2.75, 3.05) is 11.1 Å². The van der Waals surface area contributed by atoms with E-state index in [1.54, 1.807) is 48.5 Å². The molecule has 0 saturated carbocycles. The Balaban J connectivity index is 1.48. The molecule has 3 aromatic carbocycles. The highest BCUT2D eigenvalue weighted by atomic mass is 32.2. The standard InChI is InChI=1S/C23H23N3O3S/c1-18-9-15-22(16-10-18)30(28,29)17-5-8-23(27)24-19-11-13-21(14-12-19)26-25-20-6-3-2-4-7-20/h2-4,6-7,9-16H,5,8,17H2,1H3,(H,24,27). The number of rotatable bonds is 8. The Morgan fingerprint density at radius 3 is 2.07 bits per heavy atom. The van der Waals surface area contributed by atoms with E-state index < -0.39 is 9.84 Å². The van der Waals surface area contributed by atoms with Gasteiger partial charge in [-0.1, -0.05) is 35.9 Å². The summed E-state index contributed by atoms with van der Waals surface area (Å²) < 4.78 is 24.7. The number of carbonyl (C=O) groups is 1. The fraction of sp³-hybridized carbons (Fsp3) is 0.174. The maximum absolute atomic E-state index is 12.3. The molecule has 1 N–H and O–H groups in total. The molecule has 6 nitrogen and oxygen atoms in total. The average Bonchev–Trinajstić information content (AvgIpc) is 2.74. The highest BCUT2D eigenvalue weighted by Crippen LogP contribution is 2.20. The molecular formula is C23H23N3O3S. The van der Waals surface area contributed by atoms with Gasteiger partial charge in [0, 0.05) is 12.1 Å². The molecule has 0 bridgehead atoms. The number of hydrogen-bond donors (Lipinski definition) is 1. The third-order valence-electron chi connectivity index (χ3n) is 4.39. The van der Waals surface area contributed by atoms with E-state index in [-0.39, 0.29) is 29.4 Å². The van der Waals surface area contributed by atoms with E-state index in [0.29, 0.717) is 11.4 Å². The lowest BCUT2D eigenvalue weighted by atomic mass is 10.2. The van der Waals surface area contributed by atoms with Crippen LogP contribution in [0.15, 0.2) is 94.0 Å². The molecule has 0 radical (unpaired) electrons. The molecule has 154 valence electrons. The Morgan fingerprint density at radius 1 is 0.833 bits per heavy atom. The van der Waals surface area contributed by atoms with Gasteiger partial charge in [0.1, 0.15) is 0 Å². The van der Waals surface area contributed by atoms with Crippen molar-refractivity contribution in [1.82, 2.24) is 0 Å². The SMILES string of the molecule is Cc1ccc(S(=O)(=O)CCCC(=O)Nc2ccc(N=Nc3ccccc3)cc2)cc1. The van der Waals surface area contributed by atoms with E-state index in [1.807, 2.05) is 37.3 Å². The van der Waals surface area contributed by atoms with Crippen LogP contribution in [0.3, 0.4) is 0 Å². The zero-order valence-electron chi connectivity index (χ0n) is 16.7. The number of sulfone groups is 1. The first-order valence-corrected chi connectivity index (χ1v) is 11.2. The molecule has 0 aliphatic carbocycles. The highest BCUT2D eigenvalue weighted by molar-refractivity contribution is 7.91. The average molecular weight is 422 g/mol. The smallest absolute Gasteiger partial charge is 0.224 e. The molecule has 0 fully saturated rings. The van der Waals surface area contributed by atoms with Gasteiger partial charge in [-0.15, -0.1) is 0 Å². The van der Waals surface area contributed by atoms with Crippen LogP contribution in [0.4, 0.5) is 17.1 Å². The number of nitrogens with zero attached hydrogens (tertiary/aromatic N) is 2. The van der Waals surface area contributed by atoms with E-state index >= 15 is 0 Å². The zero-order chi connectivity index (χ0) is 21.4. The largest absolute Gasteiger partial charge is 0.326 e. The van der Waals surface area contributed by atoms with Crippen molar-refractivity contribution in [1.29, 1.82) is 0 Å². The van der Waals surface area contributed by atoms with Crippen LogP contribution in [0.5, 0.6) is 0 Å². The van der Waals surface area contributed by atoms with Crippen LogP contribution in [-0.4, -0.2) is 20.1 Å². The molecule has 0 aromatic heterocycles. The van der Waals surface area contributed by atoms with Crippen LogP contribution in [0, 0.1) is 6.92 Å². The van der Waals surface area contributed by atoms with Crippen LogP contribution in [-0.2, 0) is 14.6 Å². The first-order valence-electron chi connectivity index (χ1n) is 9.58. The van der Waals surface area contributed by atoms with E-state index in [2.05, 4.69) is 15.5 Å². The van der Waals surface area contributed by atoms with Gasteiger partial charge < -0.3 is 5.32 Å². The lowest BCUT2D eigenvalue weighted by Crippen LogP contribution is -2.14. The quantitative estimate of drug-likeness (QED) is 0.480. The summed E-state index contributed by atoms with van der Waals surface area (Å²) in [5, 5.41) is 11.1. The lowest BCUT2D eigenvalue weighted by Gasteiger charge is -2.07. The molecule has 0 heterocycles. The summed E-state index contributed by atoms with van der Waals surface area (Å²) in [7, 11) is -3.38. The van der Waals surface area contributed by atoms with Crippen molar-refractivity contribution in [2.45, 2.75) is 24.7 Å². The molecule has 7 heteroatoms. The normalized spacial score (nSPS) is 11.5. The van der Waals surface area contributed by atoms with Gasteiger partial charge in [0.2, 0.25) is 5.91 Å². The highest BCUT2D eigenvalue weighted by Gasteiger charge is 2.14. The van der Waals surface area contributed by atoms with Gasteiger partial charge in [-0.2, -0.15) is 10.2 Å². The fourth-order valence-electron chi connectivity index (χ4n) is 2.73. The Labute approximate surface area is 176 Å². The number of aryl methyl sites for hydroxylation is 1. The predicted molar refractivity (Wildman–Crippen MR) is 118 cm³/mol. The van der Waals surface area contributed by atoms with E-state index in [4.69, 9.17) is 0 Å². The second-order valence-corrected chi connectivity index (χ2v) is 8.98. The van der Waals surface area contributed by atoms with Gasteiger partial charge in [0.25, 0.3) is 0 Å². The second-order valence-electron chi connectivity index (χ2n) is 6.87. The first kappa shape index (κ1) is 21.4. The van der Waals surface area contributed by atoms with Gasteiger partial charge in [-0.3, -0.25) is 4.79 Å². The Morgan fingerprint density at radius 2 is 1.43 bits per heavy atom. The number of hydrogen-bond acceptors (Lipinski definition) is 5. The summed E-state index contributed by atoms with van der Waals surface area (Å²) in [4.78, 5) is 12.4. The number of azo groups is 1. The van der Waals surface area contributed by atoms with Crippen LogP contribution in [0.2, 0.25) is 0 Å². The third kappa shape index (κ3) is 6.35. The molecule has 0 spiro atoms. The van der Waals surface area contributed by atoms with Crippen molar-refractivity contribution in [3.8, 4) is 0 Å². The fourth-order valence-corrected chi connectivity index (χ4v) is 4.04. The molecule has 1 amide bonds. The van der Waals surface area contributed by atoms with E-state index in [1.165, 1.54) is 0 Å². The molecule has 0 aliphatic rings. The molecular weight excluding hydrogens is 398 g/mol. The molecule has 0 atom stereocenters. The molecule has 30 heavy (non-hydrogen) atoms. The van der Waals surface area contributed by atoms with Gasteiger partial charge in [0.15, 0.2) is 9.84 Å². The Kier molecular flexibility index (Phi) is 7.08. The first-order chi connectivity index (χ1) is 14.4. The number of amides is 1. The minimum atomic E-state index is -3.38. The van der Waals surface area contributed by atoms with Crippen molar-refractivity contribution in [3.63, 3.8) is 0 Å². The van der Waals surface area contributed by atoms with Crippen LogP contribution < -0.4 is 5.32 Å². The summed E-state index contributed by atoms with van der Waals surface area (Å²) in [6.07, 6.45) is 0.381. The number of benzene rings is 3. The van der Waals surface area contributed by atoms with Gasteiger partial charge in [-0.05, 0) is 61.9 Å². The Bertz CT molecular complexity index is 1110. The summed E-state index contributed by atoms with van der Waals surface area (Å²) in [6.45, 7) is 1.90.